The topological polar surface area (TPSA) is 250 Å². The number of fused-ring (bicyclic) bond motifs is 3. The summed E-state index contributed by atoms with van der Waals surface area (Å²) in [6, 6.07) is 20.0. The van der Waals surface area contributed by atoms with Crippen LogP contribution in [0.5, 0.6) is 5.75 Å². The average molecular weight is 864 g/mol. The van der Waals surface area contributed by atoms with E-state index in [1.165, 1.54) is 18.2 Å². The number of methoxy groups -OCH3 is 1. The Morgan fingerprint density at radius 1 is 0.710 bits per heavy atom. The molecule has 332 valence electrons. The van der Waals surface area contributed by atoms with E-state index in [-0.39, 0.29) is 56.7 Å². The van der Waals surface area contributed by atoms with Gasteiger partial charge in [0.25, 0.3) is 0 Å². The van der Waals surface area contributed by atoms with Gasteiger partial charge in [0.2, 0.25) is 18.3 Å². The molecule has 0 spiro atoms. The van der Waals surface area contributed by atoms with E-state index in [1.54, 1.807) is 0 Å². The molecule has 3 aromatic rings. The molecule has 1 aliphatic carbocycles. The SMILES string of the molecule is COC(=O)[C@H]1OC(Oc2ccc(COC(=O)NCCCCO)cc2NC(=O)CCNC(=O)OCC2c3ccccc3-c3ccccc32)[C@H](OC(C)=O)[C@@H](OC(C)=O)[C@@H]1OC(C)=O. The van der Waals surface area contributed by atoms with E-state index in [4.69, 9.17) is 43.0 Å². The predicted octanol–water partition coefficient (Wildman–Crippen LogP) is 3.62. The van der Waals surface area contributed by atoms with E-state index in [1.807, 2.05) is 48.5 Å². The van der Waals surface area contributed by atoms with Gasteiger partial charge in [-0.15, -0.1) is 0 Å². The summed E-state index contributed by atoms with van der Waals surface area (Å²) in [5.74, 6) is -4.63. The van der Waals surface area contributed by atoms with Gasteiger partial charge in [-0.2, -0.15) is 0 Å². The quantitative estimate of drug-likeness (QED) is 0.0810. The van der Waals surface area contributed by atoms with Crippen molar-refractivity contribution in [2.45, 2.75) is 83.3 Å². The molecule has 1 unspecified atom stereocenters. The van der Waals surface area contributed by atoms with Crippen LogP contribution in [0.25, 0.3) is 11.1 Å². The van der Waals surface area contributed by atoms with Gasteiger partial charge in [0.05, 0.1) is 12.8 Å². The second-order valence-electron chi connectivity index (χ2n) is 14.1. The number of benzene rings is 3. The zero-order valence-electron chi connectivity index (χ0n) is 34.5. The third-order valence-electron chi connectivity index (χ3n) is 9.59. The number of rotatable bonds is 18. The van der Waals surface area contributed by atoms with Crippen molar-refractivity contribution < 1.29 is 76.6 Å². The van der Waals surface area contributed by atoms with Gasteiger partial charge < -0.3 is 59.0 Å². The third-order valence-corrected chi connectivity index (χ3v) is 9.59. The van der Waals surface area contributed by atoms with E-state index in [0.717, 1.165) is 50.1 Å². The molecule has 4 N–H and O–H groups in total. The molecule has 62 heavy (non-hydrogen) atoms. The highest BCUT2D eigenvalue weighted by Crippen LogP contribution is 2.44. The van der Waals surface area contributed by atoms with Gasteiger partial charge >= 0.3 is 36.1 Å². The lowest BCUT2D eigenvalue weighted by Gasteiger charge is -2.43. The molecule has 0 bridgehead atoms. The summed E-state index contributed by atoms with van der Waals surface area (Å²) in [5, 5.41) is 16.8. The first-order valence-electron chi connectivity index (χ1n) is 19.7. The fraction of sp³-hybridized carbons (Fsp3) is 0.419. The second kappa shape index (κ2) is 22.2. The van der Waals surface area contributed by atoms with Gasteiger partial charge in [-0.25, -0.2) is 14.4 Å². The molecule has 19 heteroatoms. The van der Waals surface area contributed by atoms with Crippen LogP contribution < -0.4 is 20.7 Å². The minimum Gasteiger partial charge on any atom is -0.467 e. The lowest BCUT2D eigenvalue weighted by atomic mass is 9.97. The normalized spacial score (nSPS) is 18.8. The molecule has 2 aliphatic rings. The van der Waals surface area contributed by atoms with Gasteiger partial charge in [0.15, 0.2) is 18.3 Å². The molecule has 0 aromatic heterocycles. The van der Waals surface area contributed by atoms with E-state index in [9.17, 15) is 33.6 Å². The molecular formula is C43H49N3O16. The first kappa shape index (κ1) is 46.3. The van der Waals surface area contributed by atoms with E-state index >= 15 is 0 Å². The maximum absolute atomic E-state index is 13.4. The van der Waals surface area contributed by atoms with Gasteiger partial charge in [-0.05, 0) is 52.8 Å². The van der Waals surface area contributed by atoms with Crippen LogP contribution in [-0.2, 0) is 63.7 Å². The largest absolute Gasteiger partial charge is 0.467 e. The number of hydrogen-bond acceptors (Lipinski definition) is 16. The van der Waals surface area contributed by atoms with Crippen LogP contribution >= 0.6 is 0 Å². The number of carbonyl (C=O) groups excluding carboxylic acids is 7. The highest BCUT2D eigenvalue weighted by atomic mass is 16.7. The molecule has 0 saturated carbocycles. The lowest BCUT2D eigenvalue weighted by Crippen LogP contribution is -2.64. The van der Waals surface area contributed by atoms with Gasteiger partial charge in [0, 0.05) is 52.8 Å². The minimum absolute atomic E-state index is 0.0217. The zero-order valence-corrected chi connectivity index (χ0v) is 34.5. The molecule has 3 amide bonds. The molecule has 1 fully saturated rings. The Labute approximate surface area is 356 Å². The molecule has 1 aliphatic heterocycles. The Morgan fingerprint density at radius 2 is 1.31 bits per heavy atom. The summed E-state index contributed by atoms with van der Waals surface area (Å²) in [4.78, 5) is 88.2. The monoisotopic (exact) mass is 863 g/mol. The number of anilines is 1. The van der Waals surface area contributed by atoms with Crippen molar-refractivity contribution in [3.05, 3.63) is 83.4 Å². The molecule has 5 atom stereocenters. The Balaban J connectivity index is 1.31. The van der Waals surface area contributed by atoms with Crippen LogP contribution in [0, 0.1) is 0 Å². The molecule has 19 nitrogen and oxygen atoms in total. The van der Waals surface area contributed by atoms with E-state index < -0.39 is 72.7 Å². The molecule has 5 rings (SSSR count). The van der Waals surface area contributed by atoms with Crippen molar-refractivity contribution in [1.29, 1.82) is 0 Å². The van der Waals surface area contributed by atoms with Crippen molar-refractivity contribution >= 4 is 47.7 Å². The summed E-state index contributed by atoms with van der Waals surface area (Å²) in [6.07, 6.45) is -9.16. The van der Waals surface area contributed by atoms with E-state index in [0.29, 0.717) is 18.4 Å². The Bertz CT molecular complexity index is 2060. The number of amides is 3. The van der Waals surface area contributed by atoms with Crippen molar-refractivity contribution in [1.82, 2.24) is 10.6 Å². The fourth-order valence-corrected chi connectivity index (χ4v) is 6.93. The Hall–Kier alpha value is -6.73. The number of carbonyl (C=O) groups is 7. The van der Waals surface area contributed by atoms with E-state index in [2.05, 4.69) is 16.0 Å². The van der Waals surface area contributed by atoms with Crippen LogP contribution in [0.15, 0.2) is 66.7 Å². The summed E-state index contributed by atoms with van der Waals surface area (Å²) >= 11 is 0. The standard InChI is InChI=1S/C43H49N3O16/c1-24(48)58-36-37(59-25(2)49)39(60-26(3)50)41(62-38(36)40(52)55-4)61-34-16-15-27(22-56-42(53)44-18-9-10-20-47)21-33(34)46-35(51)17-19-45-43(54)57-23-32-30-13-7-5-11-28(30)29-12-6-8-14-31(29)32/h5-8,11-16,21,32,36-39,41,47H,9-10,17-20,22-23H2,1-4H3,(H,44,53)(H,45,54)(H,46,51)/t36-,37-,38-,39+,41?/m0/s1. The predicted molar refractivity (Wildman–Crippen MR) is 215 cm³/mol. The molecule has 3 aromatic carbocycles. The fourth-order valence-electron chi connectivity index (χ4n) is 6.93. The number of esters is 4. The number of nitrogens with one attached hydrogen (secondary N) is 3. The van der Waals surface area contributed by atoms with Crippen molar-refractivity contribution in [3.63, 3.8) is 0 Å². The third kappa shape index (κ3) is 12.4. The summed E-state index contributed by atoms with van der Waals surface area (Å²) in [5.41, 5.74) is 4.56. The van der Waals surface area contributed by atoms with Crippen molar-refractivity contribution in [2.24, 2.45) is 0 Å². The van der Waals surface area contributed by atoms with Gasteiger partial charge in [-0.1, -0.05) is 54.6 Å². The van der Waals surface area contributed by atoms with Crippen LogP contribution in [0.1, 0.15) is 62.6 Å². The van der Waals surface area contributed by atoms with Crippen LogP contribution in [0.4, 0.5) is 15.3 Å². The molecular weight excluding hydrogens is 814 g/mol. The lowest BCUT2D eigenvalue weighted by molar-refractivity contribution is -0.282. The summed E-state index contributed by atoms with van der Waals surface area (Å²) < 4.78 is 43.9. The van der Waals surface area contributed by atoms with Crippen LogP contribution in [0.2, 0.25) is 0 Å². The second-order valence-corrected chi connectivity index (χ2v) is 14.1. The highest BCUT2D eigenvalue weighted by Gasteiger charge is 2.56. The minimum atomic E-state index is -1.75. The Kier molecular flexibility index (Phi) is 16.6. The summed E-state index contributed by atoms with van der Waals surface area (Å²) in [6.45, 7) is 3.03. The number of aliphatic hydroxyl groups is 1. The number of ether oxygens (including phenoxy) is 8. The van der Waals surface area contributed by atoms with Gasteiger partial charge in [0.1, 0.15) is 19.0 Å². The first-order valence-corrected chi connectivity index (χ1v) is 19.7. The smallest absolute Gasteiger partial charge is 0.407 e. The number of hydrogen-bond donors (Lipinski definition) is 4. The zero-order chi connectivity index (χ0) is 44.8. The van der Waals surface area contributed by atoms with Crippen LogP contribution in [0.3, 0.4) is 0 Å². The maximum atomic E-state index is 13.4. The van der Waals surface area contributed by atoms with Crippen LogP contribution in [-0.4, -0.2) is 111 Å². The molecule has 1 heterocycles. The number of alkyl carbamates (subject to hydrolysis) is 2. The van der Waals surface area contributed by atoms with Gasteiger partial charge in [-0.3, -0.25) is 19.2 Å². The number of aliphatic hydroxyl groups excluding tert-OH is 1. The first-order chi connectivity index (χ1) is 29.8. The van der Waals surface area contributed by atoms with Crippen molar-refractivity contribution in [2.75, 3.05) is 38.7 Å². The maximum Gasteiger partial charge on any atom is 0.407 e. The molecule has 1 saturated heterocycles. The summed E-state index contributed by atoms with van der Waals surface area (Å²) in [7, 11) is 1.04. The average Bonchev–Trinajstić information content (AvgIpc) is 3.56. The molecule has 0 radical (unpaired) electrons. The Morgan fingerprint density at radius 3 is 1.94 bits per heavy atom. The number of unbranched alkanes of at least 4 members (excludes halogenated alkanes) is 1. The van der Waals surface area contributed by atoms with Crippen molar-refractivity contribution in [3.8, 4) is 16.9 Å². The highest BCUT2D eigenvalue weighted by molar-refractivity contribution is 5.92.